The van der Waals surface area contributed by atoms with Crippen molar-refractivity contribution in [3.63, 3.8) is 0 Å². The molecular weight excluding hydrogens is 206 g/mol. The smallest absolute Gasteiger partial charge is 0.111 e. The van der Waals surface area contributed by atoms with Gasteiger partial charge in [0.05, 0.1) is 23.1 Å². The third-order valence-electron chi connectivity index (χ3n) is 2.97. The molecule has 2 nitrogen and oxygen atoms in total. The molecule has 15 heavy (non-hydrogen) atoms. The number of thiophene rings is 1. The molecular formula is C12H20NOS+. The second kappa shape index (κ2) is 4.64. The first-order chi connectivity index (χ1) is 7.16. The van der Waals surface area contributed by atoms with Gasteiger partial charge >= 0.3 is 0 Å². The lowest BCUT2D eigenvalue weighted by molar-refractivity contribution is -0.709. The van der Waals surface area contributed by atoms with Gasteiger partial charge in [-0.05, 0) is 25.3 Å². The van der Waals surface area contributed by atoms with Gasteiger partial charge in [0.1, 0.15) is 6.54 Å². The second-order valence-corrected chi connectivity index (χ2v) is 5.91. The van der Waals surface area contributed by atoms with Crippen molar-refractivity contribution in [1.82, 2.24) is 0 Å². The summed E-state index contributed by atoms with van der Waals surface area (Å²) in [7, 11) is 0. The van der Waals surface area contributed by atoms with E-state index in [9.17, 15) is 0 Å². The zero-order valence-corrected chi connectivity index (χ0v) is 10.3. The molecule has 2 heterocycles. The largest absolute Gasteiger partial charge is 0.375 e. The average molecular weight is 226 g/mol. The van der Waals surface area contributed by atoms with Crippen LogP contribution in [0.5, 0.6) is 0 Å². The summed E-state index contributed by atoms with van der Waals surface area (Å²) in [5.74, 6) is 0. The second-order valence-electron chi connectivity index (χ2n) is 4.88. The Morgan fingerprint density at radius 1 is 1.60 bits per heavy atom. The predicted octanol–water partition coefficient (Wildman–Crippen LogP) is 1.77. The number of ether oxygens (including phenoxy) is 1. The average Bonchev–Trinajstić information content (AvgIpc) is 2.65. The third kappa shape index (κ3) is 3.30. The van der Waals surface area contributed by atoms with Gasteiger partial charge in [0.25, 0.3) is 0 Å². The van der Waals surface area contributed by atoms with Crippen LogP contribution in [0.25, 0.3) is 0 Å². The number of rotatable bonds is 3. The van der Waals surface area contributed by atoms with Crippen LogP contribution in [0.4, 0.5) is 0 Å². The van der Waals surface area contributed by atoms with Crippen LogP contribution in [0.1, 0.15) is 31.6 Å². The van der Waals surface area contributed by atoms with Gasteiger partial charge in [-0.2, -0.15) is 0 Å². The predicted molar refractivity (Wildman–Crippen MR) is 63.0 cm³/mol. The summed E-state index contributed by atoms with van der Waals surface area (Å²) in [6, 6.07) is 5.07. The van der Waals surface area contributed by atoms with Crippen molar-refractivity contribution < 1.29 is 10.1 Å². The maximum absolute atomic E-state index is 5.72. The van der Waals surface area contributed by atoms with Gasteiger partial charge in [-0.25, -0.2) is 0 Å². The molecule has 0 bridgehead atoms. The molecule has 3 heteroatoms. The number of quaternary nitrogens is 1. The van der Waals surface area contributed by atoms with E-state index in [1.807, 2.05) is 11.3 Å². The Balaban J connectivity index is 1.80. The highest BCUT2D eigenvalue weighted by molar-refractivity contribution is 7.09. The molecule has 2 rings (SSSR count). The highest BCUT2D eigenvalue weighted by Crippen LogP contribution is 2.22. The first-order valence-corrected chi connectivity index (χ1v) is 6.53. The van der Waals surface area contributed by atoms with E-state index in [0.717, 1.165) is 19.2 Å². The lowest BCUT2D eigenvalue weighted by atomic mass is 9.94. The number of hydrogen-bond donors (Lipinski definition) is 1. The van der Waals surface area contributed by atoms with Crippen molar-refractivity contribution in [2.45, 2.75) is 44.9 Å². The molecule has 1 atom stereocenters. The van der Waals surface area contributed by atoms with Gasteiger partial charge in [-0.3, -0.25) is 0 Å². The van der Waals surface area contributed by atoms with Crippen molar-refractivity contribution >= 4 is 11.3 Å². The Labute approximate surface area is 95.6 Å². The zero-order chi connectivity index (χ0) is 10.7. The lowest BCUT2D eigenvalue weighted by Gasteiger charge is -2.33. The van der Waals surface area contributed by atoms with Crippen LogP contribution in [-0.2, 0) is 11.3 Å². The fraction of sp³-hybridized carbons (Fsp3) is 0.667. The van der Waals surface area contributed by atoms with Crippen molar-refractivity contribution in [1.29, 1.82) is 0 Å². The van der Waals surface area contributed by atoms with E-state index in [0.29, 0.717) is 0 Å². The minimum absolute atomic E-state index is 0.0782. The minimum atomic E-state index is 0.0782. The van der Waals surface area contributed by atoms with Gasteiger partial charge in [0, 0.05) is 12.8 Å². The molecule has 1 aliphatic rings. The van der Waals surface area contributed by atoms with Crippen LogP contribution >= 0.6 is 11.3 Å². The molecule has 0 aliphatic carbocycles. The van der Waals surface area contributed by atoms with Crippen LogP contribution < -0.4 is 5.32 Å². The molecule has 2 N–H and O–H groups in total. The zero-order valence-electron chi connectivity index (χ0n) is 9.53. The SMILES string of the molecule is CC1(C)C[C@@H]([NH2+]Cc2cccs2)CCO1. The van der Waals surface area contributed by atoms with Gasteiger partial charge < -0.3 is 10.1 Å². The summed E-state index contributed by atoms with van der Waals surface area (Å²) >= 11 is 1.85. The Hall–Kier alpha value is -0.380. The van der Waals surface area contributed by atoms with Crippen molar-refractivity contribution in [3.05, 3.63) is 22.4 Å². The van der Waals surface area contributed by atoms with Gasteiger partial charge in [-0.15, -0.1) is 11.3 Å². The Morgan fingerprint density at radius 2 is 2.47 bits per heavy atom. The molecule has 1 aromatic rings. The van der Waals surface area contributed by atoms with Crippen LogP contribution in [0.3, 0.4) is 0 Å². The van der Waals surface area contributed by atoms with E-state index in [1.165, 1.54) is 17.7 Å². The first-order valence-electron chi connectivity index (χ1n) is 5.65. The van der Waals surface area contributed by atoms with E-state index in [2.05, 4.69) is 36.7 Å². The van der Waals surface area contributed by atoms with Crippen LogP contribution in [0, 0.1) is 0 Å². The summed E-state index contributed by atoms with van der Waals surface area (Å²) in [5, 5.41) is 4.62. The highest BCUT2D eigenvalue weighted by atomic mass is 32.1. The van der Waals surface area contributed by atoms with E-state index < -0.39 is 0 Å². The standard InChI is InChI=1S/C12H19NOS/c1-12(2)8-10(5-6-14-12)13-9-11-4-3-7-15-11/h3-4,7,10,13H,5-6,8-9H2,1-2H3/p+1/t10-/m0/s1. The number of hydrogen-bond acceptors (Lipinski definition) is 2. The molecule has 0 radical (unpaired) electrons. The Morgan fingerprint density at radius 3 is 3.13 bits per heavy atom. The summed E-state index contributed by atoms with van der Waals surface area (Å²) in [6.45, 7) is 6.42. The van der Waals surface area contributed by atoms with Crippen molar-refractivity contribution in [2.75, 3.05) is 6.61 Å². The molecule has 0 spiro atoms. The molecule has 84 valence electrons. The summed E-state index contributed by atoms with van der Waals surface area (Å²) in [5.41, 5.74) is 0.0782. The Kier molecular flexibility index (Phi) is 3.44. The fourth-order valence-corrected chi connectivity index (χ4v) is 2.87. The van der Waals surface area contributed by atoms with Crippen LogP contribution in [-0.4, -0.2) is 18.2 Å². The topological polar surface area (TPSA) is 25.8 Å². The maximum atomic E-state index is 5.72. The maximum Gasteiger partial charge on any atom is 0.111 e. The van der Waals surface area contributed by atoms with Crippen molar-refractivity contribution in [2.24, 2.45) is 0 Å². The van der Waals surface area contributed by atoms with Crippen LogP contribution in [0.2, 0.25) is 0 Å². The molecule has 0 unspecified atom stereocenters. The third-order valence-corrected chi connectivity index (χ3v) is 3.87. The molecule has 1 aromatic heterocycles. The van der Waals surface area contributed by atoms with Crippen LogP contribution in [0.15, 0.2) is 17.5 Å². The van der Waals surface area contributed by atoms with Crippen molar-refractivity contribution in [3.8, 4) is 0 Å². The van der Waals surface area contributed by atoms with E-state index >= 15 is 0 Å². The lowest BCUT2D eigenvalue weighted by Crippen LogP contribution is -2.89. The molecule has 1 aliphatic heterocycles. The molecule has 0 amide bonds. The summed E-state index contributed by atoms with van der Waals surface area (Å²) in [4.78, 5) is 1.47. The normalized spacial score (nSPS) is 25.3. The van der Waals surface area contributed by atoms with E-state index in [-0.39, 0.29) is 5.60 Å². The molecule has 1 fully saturated rings. The molecule has 0 aromatic carbocycles. The van der Waals surface area contributed by atoms with Gasteiger partial charge in [-0.1, -0.05) is 6.07 Å². The van der Waals surface area contributed by atoms with E-state index in [4.69, 9.17) is 4.74 Å². The molecule has 1 saturated heterocycles. The minimum Gasteiger partial charge on any atom is -0.375 e. The highest BCUT2D eigenvalue weighted by Gasteiger charge is 2.30. The first kappa shape index (κ1) is 11.1. The monoisotopic (exact) mass is 226 g/mol. The van der Waals surface area contributed by atoms with Gasteiger partial charge in [0.15, 0.2) is 0 Å². The fourth-order valence-electron chi connectivity index (χ4n) is 2.19. The van der Waals surface area contributed by atoms with E-state index in [1.54, 1.807) is 0 Å². The number of nitrogens with two attached hydrogens (primary N) is 1. The quantitative estimate of drug-likeness (QED) is 0.835. The molecule has 0 saturated carbocycles. The Bertz CT molecular complexity index is 295. The summed E-state index contributed by atoms with van der Waals surface area (Å²) in [6.07, 6.45) is 2.35. The van der Waals surface area contributed by atoms with Gasteiger partial charge in [0.2, 0.25) is 0 Å². The summed E-state index contributed by atoms with van der Waals surface area (Å²) < 4.78 is 5.72.